The normalized spacial score (nSPS) is 17.3. The molecule has 0 N–H and O–H groups in total. The first-order valence-corrected chi connectivity index (χ1v) is 9.36. The molecule has 3 heterocycles. The Kier molecular flexibility index (Phi) is 4.94. The quantitative estimate of drug-likeness (QED) is 0.853. The molecular formula is C16H19ClN4OS. The number of hydrogen-bond donors (Lipinski definition) is 0. The van der Waals surface area contributed by atoms with E-state index in [0.717, 1.165) is 48.8 Å². The van der Waals surface area contributed by atoms with Crippen LogP contribution >= 0.6 is 11.6 Å². The van der Waals surface area contributed by atoms with Crippen molar-refractivity contribution in [3.63, 3.8) is 0 Å². The lowest BCUT2D eigenvalue weighted by Crippen LogP contribution is -2.47. The third kappa shape index (κ3) is 3.54. The van der Waals surface area contributed by atoms with Gasteiger partial charge in [0, 0.05) is 50.4 Å². The van der Waals surface area contributed by atoms with Gasteiger partial charge in [-0.3, -0.25) is 4.98 Å². The van der Waals surface area contributed by atoms with Crippen molar-refractivity contribution >= 4 is 28.4 Å². The Hall–Kier alpha value is -1.50. The number of aromatic nitrogens is 2. The van der Waals surface area contributed by atoms with E-state index in [4.69, 9.17) is 11.6 Å². The number of nitrogens with zero attached hydrogens (tertiary/aromatic N) is 4. The van der Waals surface area contributed by atoms with Gasteiger partial charge in [0.1, 0.15) is 5.82 Å². The van der Waals surface area contributed by atoms with Crippen molar-refractivity contribution in [3.05, 3.63) is 41.2 Å². The zero-order valence-electron chi connectivity index (χ0n) is 13.2. The Balaban J connectivity index is 1.87. The molecule has 23 heavy (non-hydrogen) atoms. The summed E-state index contributed by atoms with van der Waals surface area (Å²) >= 11 is 6.34. The first-order valence-electron chi connectivity index (χ1n) is 7.47. The summed E-state index contributed by atoms with van der Waals surface area (Å²) in [6, 6.07) is 5.93. The molecule has 1 aliphatic rings. The van der Waals surface area contributed by atoms with Crippen molar-refractivity contribution in [2.24, 2.45) is 0 Å². The number of halogens is 1. The van der Waals surface area contributed by atoms with Gasteiger partial charge in [0.25, 0.3) is 0 Å². The van der Waals surface area contributed by atoms with E-state index in [2.05, 4.69) is 14.9 Å². The van der Waals surface area contributed by atoms with Gasteiger partial charge in [-0.25, -0.2) is 13.5 Å². The van der Waals surface area contributed by atoms with Gasteiger partial charge >= 0.3 is 0 Å². The predicted octanol–water partition coefficient (Wildman–Crippen LogP) is 2.52. The van der Waals surface area contributed by atoms with Crippen LogP contribution in [0.4, 0.5) is 5.82 Å². The number of aryl methyl sites for hydroxylation is 1. The fourth-order valence-electron chi connectivity index (χ4n) is 2.72. The maximum absolute atomic E-state index is 11.5. The smallest absolute Gasteiger partial charge is 0.129 e. The highest BCUT2D eigenvalue weighted by molar-refractivity contribution is 7.81. The molecule has 1 saturated heterocycles. The second-order valence-electron chi connectivity index (χ2n) is 5.53. The Bertz CT molecular complexity index is 732. The number of rotatable bonds is 3. The van der Waals surface area contributed by atoms with Crippen LogP contribution in [0, 0.1) is 6.92 Å². The van der Waals surface area contributed by atoms with Crippen molar-refractivity contribution in [2.75, 3.05) is 37.3 Å². The molecule has 1 atom stereocenters. The number of piperazine rings is 1. The molecule has 122 valence electrons. The SMILES string of the molecule is Cc1cccnc1-c1cc(N2CCN(S(C)=O)CC2)ncc1Cl. The molecule has 7 heteroatoms. The maximum atomic E-state index is 11.5. The molecule has 2 aromatic heterocycles. The molecule has 0 radical (unpaired) electrons. The summed E-state index contributed by atoms with van der Waals surface area (Å²) in [5.74, 6) is 0.885. The zero-order valence-corrected chi connectivity index (χ0v) is 14.8. The monoisotopic (exact) mass is 350 g/mol. The summed E-state index contributed by atoms with van der Waals surface area (Å²) in [5, 5.41) is 0.601. The van der Waals surface area contributed by atoms with Crippen LogP contribution < -0.4 is 4.90 Å². The van der Waals surface area contributed by atoms with E-state index in [1.165, 1.54) is 0 Å². The molecule has 1 aliphatic heterocycles. The molecule has 0 saturated carbocycles. The van der Waals surface area contributed by atoms with Gasteiger partial charge in [0.15, 0.2) is 0 Å². The van der Waals surface area contributed by atoms with Crippen molar-refractivity contribution in [1.29, 1.82) is 0 Å². The van der Waals surface area contributed by atoms with Gasteiger partial charge in [0.2, 0.25) is 0 Å². The topological polar surface area (TPSA) is 49.3 Å². The molecule has 0 amide bonds. The fraction of sp³-hybridized carbons (Fsp3) is 0.375. The average Bonchev–Trinajstić information content (AvgIpc) is 2.56. The van der Waals surface area contributed by atoms with Gasteiger partial charge in [0.05, 0.1) is 21.7 Å². The summed E-state index contributed by atoms with van der Waals surface area (Å²) in [6.45, 7) is 5.16. The second-order valence-corrected chi connectivity index (χ2v) is 7.30. The molecule has 3 rings (SSSR count). The molecular weight excluding hydrogens is 332 g/mol. The zero-order chi connectivity index (χ0) is 16.4. The molecule has 1 unspecified atom stereocenters. The fourth-order valence-corrected chi connectivity index (χ4v) is 3.59. The minimum Gasteiger partial charge on any atom is -0.354 e. The Labute approximate surface area is 143 Å². The van der Waals surface area contributed by atoms with E-state index >= 15 is 0 Å². The lowest BCUT2D eigenvalue weighted by Gasteiger charge is -2.34. The molecule has 0 spiro atoms. The highest BCUT2D eigenvalue weighted by atomic mass is 35.5. The summed E-state index contributed by atoms with van der Waals surface area (Å²) in [7, 11) is -0.909. The van der Waals surface area contributed by atoms with Crippen molar-refractivity contribution < 1.29 is 4.21 Å². The highest BCUT2D eigenvalue weighted by Gasteiger charge is 2.21. The lowest BCUT2D eigenvalue weighted by atomic mass is 10.1. The number of hydrogen-bond acceptors (Lipinski definition) is 4. The lowest BCUT2D eigenvalue weighted by molar-refractivity contribution is 0.411. The van der Waals surface area contributed by atoms with Crippen molar-refractivity contribution in [2.45, 2.75) is 6.92 Å². The van der Waals surface area contributed by atoms with E-state index in [9.17, 15) is 4.21 Å². The van der Waals surface area contributed by atoms with Crippen molar-refractivity contribution in [1.82, 2.24) is 14.3 Å². The second kappa shape index (κ2) is 6.95. The van der Waals surface area contributed by atoms with E-state index in [-0.39, 0.29) is 0 Å². The molecule has 0 aliphatic carbocycles. The largest absolute Gasteiger partial charge is 0.354 e. The van der Waals surface area contributed by atoms with Gasteiger partial charge < -0.3 is 4.90 Å². The summed E-state index contributed by atoms with van der Waals surface area (Å²) in [4.78, 5) is 11.1. The third-order valence-electron chi connectivity index (χ3n) is 4.03. The van der Waals surface area contributed by atoms with Crippen LogP contribution in [0.1, 0.15) is 5.56 Å². The van der Waals surface area contributed by atoms with Crippen LogP contribution in [0.3, 0.4) is 0 Å². The van der Waals surface area contributed by atoms with Crippen LogP contribution in [0.15, 0.2) is 30.6 Å². The maximum Gasteiger partial charge on any atom is 0.129 e. The first-order chi connectivity index (χ1) is 11.1. The van der Waals surface area contributed by atoms with Gasteiger partial charge in [-0.1, -0.05) is 17.7 Å². The molecule has 5 nitrogen and oxygen atoms in total. The van der Waals surface area contributed by atoms with E-state index < -0.39 is 11.0 Å². The van der Waals surface area contributed by atoms with Crippen LogP contribution in [-0.4, -0.2) is 50.9 Å². The highest BCUT2D eigenvalue weighted by Crippen LogP contribution is 2.31. The Morgan fingerprint density at radius 2 is 1.96 bits per heavy atom. The van der Waals surface area contributed by atoms with Crippen molar-refractivity contribution in [3.8, 4) is 11.3 Å². The summed E-state index contributed by atoms with van der Waals surface area (Å²) in [5.41, 5.74) is 2.86. The molecule has 0 aromatic carbocycles. The van der Waals surface area contributed by atoms with Gasteiger partial charge in [-0.05, 0) is 24.6 Å². The van der Waals surface area contributed by atoms with Crippen LogP contribution in [0.5, 0.6) is 0 Å². The minimum atomic E-state index is -0.909. The van der Waals surface area contributed by atoms with Crippen LogP contribution in [0.25, 0.3) is 11.3 Å². The van der Waals surface area contributed by atoms with Crippen LogP contribution in [0.2, 0.25) is 5.02 Å². The third-order valence-corrected chi connectivity index (χ3v) is 5.43. The average molecular weight is 351 g/mol. The predicted molar refractivity (Wildman–Crippen MR) is 95.1 cm³/mol. The standard InChI is InChI=1S/C16H19ClN4OS/c1-12-4-3-5-18-16(12)13-10-15(19-11-14(13)17)20-6-8-21(9-7-20)23(2)22/h3-5,10-11H,6-9H2,1-2H3. The Morgan fingerprint density at radius 3 is 2.61 bits per heavy atom. The minimum absolute atomic E-state index is 0.601. The van der Waals surface area contributed by atoms with E-state index in [1.54, 1.807) is 18.6 Å². The van der Waals surface area contributed by atoms with Gasteiger partial charge in [-0.2, -0.15) is 0 Å². The van der Waals surface area contributed by atoms with Crippen LogP contribution in [-0.2, 0) is 11.0 Å². The summed E-state index contributed by atoms with van der Waals surface area (Å²) in [6.07, 6.45) is 5.18. The van der Waals surface area contributed by atoms with E-state index in [0.29, 0.717) is 5.02 Å². The molecule has 1 fully saturated rings. The Morgan fingerprint density at radius 1 is 1.22 bits per heavy atom. The first kappa shape index (κ1) is 16.4. The molecule has 2 aromatic rings. The number of pyridine rings is 2. The number of anilines is 1. The van der Waals surface area contributed by atoms with E-state index in [1.807, 2.05) is 29.4 Å². The van der Waals surface area contributed by atoms with Gasteiger partial charge in [-0.15, -0.1) is 0 Å². The molecule has 0 bridgehead atoms. The summed E-state index contributed by atoms with van der Waals surface area (Å²) < 4.78 is 13.5.